The number of amides is 3. The minimum Gasteiger partial charge on any atom is -0.444 e. The molecule has 0 aliphatic carbocycles. The van der Waals surface area contributed by atoms with Crippen LogP contribution in [0.15, 0.2) is 0 Å². The molecule has 0 radical (unpaired) electrons. The molecule has 0 saturated carbocycles. The molecule has 0 bridgehead atoms. The fourth-order valence-electron chi connectivity index (χ4n) is 1.78. The molecule has 2 N–H and O–H groups in total. The molecule has 0 aromatic carbocycles. The van der Waals surface area contributed by atoms with Gasteiger partial charge < -0.3 is 19.7 Å². The molecule has 9 heteroatoms. The minimum atomic E-state index is -0.892. The van der Waals surface area contributed by atoms with Crippen molar-refractivity contribution in [3.63, 3.8) is 0 Å². The van der Waals surface area contributed by atoms with E-state index in [4.69, 9.17) is 14.3 Å². The van der Waals surface area contributed by atoms with Gasteiger partial charge in [-0.1, -0.05) is 13.8 Å². The van der Waals surface area contributed by atoms with Crippen molar-refractivity contribution >= 4 is 18.1 Å². The van der Waals surface area contributed by atoms with Gasteiger partial charge in [-0.2, -0.15) is 0 Å². The van der Waals surface area contributed by atoms with Crippen molar-refractivity contribution in [1.29, 1.82) is 0 Å². The Morgan fingerprint density at radius 3 is 2.08 bits per heavy atom. The first-order chi connectivity index (χ1) is 11.5. The van der Waals surface area contributed by atoms with E-state index in [1.165, 1.54) is 4.90 Å². The van der Waals surface area contributed by atoms with Gasteiger partial charge >= 0.3 is 18.1 Å². The van der Waals surface area contributed by atoms with Crippen molar-refractivity contribution in [2.24, 2.45) is 5.92 Å². The number of hydrogen-bond acceptors (Lipinski definition) is 6. The van der Waals surface area contributed by atoms with Crippen LogP contribution in [0.5, 0.6) is 0 Å². The van der Waals surface area contributed by atoms with Crippen molar-refractivity contribution in [3.05, 3.63) is 0 Å². The van der Waals surface area contributed by atoms with Crippen molar-refractivity contribution in [3.8, 4) is 0 Å². The number of nitrogens with one attached hydrogen (secondary N) is 2. The lowest BCUT2D eigenvalue weighted by atomic mass is 10.1. The predicted octanol–water partition coefficient (Wildman–Crippen LogP) is 2.02. The largest absolute Gasteiger partial charge is 0.444 e. The van der Waals surface area contributed by atoms with Gasteiger partial charge in [-0.15, -0.1) is 0 Å². The third-order valence-electron chi connectivity index (χ3n) is 3.06. The van der Waals surface area contributed by atoms with Gasteiger partial charge in [0.05, 0.1) is 0 Å². The van der Waals surface area contributed by atoms with Crippen LogP contribution in [0.2, 0.25) is 0 Å². The summed E-state index contributed by atoms with van der Waals surface area (Å²) in [7, 11) is 0. The highest BCUT2D eigenvalue weighted by atomic mass is 16.8. The van der Waals surface area contributed by atoms with Gasteiger partial charge in [0.25, 0.3) is 0 Å². The number of carbonyl (C=O) groups excluding carboxylic acids is 3. The van der Waals surface area contributed by atoms with Crippen molar-refractivity contribution in [2.45, 2.75) is 60.1 Å². The summed E-state index contributed by atoms with van der Waals surface area (Å²) >= 11 is 0. The summed E-state index contributed by atoms with van der Waals surface area (Å²) in [5, 5.41) is 2.47. The van der Waals surface area contributed by atoms with Crippen LogP contribution >= 0.6 is 0 Å². The van der Waals surface area contributed by atoms with Crippen LogP contribution in [0.1, 0.15) is 48.5 Å². The second-order valence-corrected chi connectivity index (χ2v) is 6.67. The molecule has 0 heterocycles. The summed E-state index contributed by atoms with van der Waals surface area (Å²) in [6, 6.07) is -1.31. The van der Waals surface area contributed by atoms with Crippen molar-refractivity contribution in [1.82, 2.24) is 15.7 Å². The maximum atomic E-state index is 12.1. The van der Waals surface area contributed by atoms with E-state index >= 15 is 0 Å². The molecule has 0 aromatic heterocycles. The fourth-order valence-corrected chi connectivity index (χ4v) is 1.78. The Kier molecular flexibility index (Phi) is 9.88. The number of hydroxylamine groups is 1. The lowest BCUT2D eigenvalue weighted by Gasteiger charge is -2.24. The van der Waals surface area contributed by atoms with Gasteiger partial charge in [0.1, 0.15) is 11.6 Å². The topological polar surface area (TPSA) is 106 Å². The Morgan fingerprint density at radius 1 is 1.08 bits per heavy atom. The highest BCUT2D eigenvalue weighted by molar-refractivity contribution is 5.81. The predicted molar refractivity (Wildman–Crippen MR) is 91.5 cm³/mol. The van der Waals surface area contributed by atoms with E-state index in [2.05, 4.69) is 10.8 Å². The molecule has 0 rings (SSSR count). The van der Waals surface area contributed by atoms with Crippen LogP contribution in [0.4, 0.5) is 9.59 Å². The summed E-state index contributed by atoms with van der Waals surface area (Å²) in [6.07, 6.45) is -0.709. The highest BCUT2D eigenvalue weighted by Crippen LogP contribution is 2.09. The van der Waals surface area contributed by atoms with Gasteiger partial charge in [-0.05, 0) is 40.5 Å². The van der Waals surface area contributed by atoms with Gasteiger partial charge in [0.15, 0.2) is 0 Å². The average molecular weight is 361 g/mol. The van der Waals surface area contributed by atoms with Crippen molar-refractivity contribution < 1.29 is 28.7 Å². The minimum absolute atomic E-state index is 0.217. The van der Waals surface area contributed by atoms with Gasteiger partial charge in [0, 0.05) is 13.1 Å². The molecule has 1 atom stereocenters. The van der Waals surface area contributed by atoms with E-state index in [0.717, 1.165) is 0 Å². The quantitative estimate of drug-likeness (QED) is 0.296. The molecule has 0 aliphatic heterocycles. The summed E-state index contributed by atoms with van der Waals surface area (Å²) in [6.45, 7) is 12.9. The van der Waals surface area contributed by atoms with Gasteiger partial charge in [-0.25, -0.2) is 24.7 Å². The Bertz CT molecular complexity index is 444. The zero-order valence-electron chi connectivity index (χ0n) is 16.2. The molecule has 0 spiro atoms. The van der Waals surface area contributed by atoms with Crippen LogP contribution in [0, 0.1) is 5.92 Å². The van der Waals surface area contributed by atoms with Crippen LogP contribution in [-0.4, -0.2) is 54.5 Å². The molecular weight excluding hydrogens is 330 g/mol. The number of ether oxygens (including phenoxy) is 2. The molecule has 25 heavy (non-hydrogen) atoms. The first-order valence-electron chi connectivity index (χ1n) is 8.34. The summed E-state index contributed by atoms with van der Waals surface area (Å²) in [4.78, 5) is 41.9. The summed E-state index contributed by atoms with van der Waals surface area (Å²) in [5.41, 5.74) is 1.50. The Morgan fingerprint density at radius 2 is 1.64 bits per heavy atom. The second kappa shape index (κ2) is 10.8. The van der Waals surface area contributed by atoms with E-state index < -0.39 is 36.5 Å². The molecule has 146 valence electrons. The molecule has 0 fully saturated rings. The average Bonchev–Trinajstić information content (AvgIpc) is 2.48. The number of hydrogen-bond donors (Lipinski definition) is 2. The van der Waals surface area contributed by atoms with E-state index in [0.29, 0.717) is 13.1 Å². The Hall–Kier alpha value is -2.03. The van der Waals surface area contributed by atoms with E-state index in [-0.39, 0.29) is 5.92 Å². The first-order valence-corrected chi connectivity index (χ1v) is 8.34. The number of rotatable bonds is 8. The monoisotopic (exact) mass is 361 g/mol. The fraction of sp³-hybridized carbons (Fsp3) is 0.812. The standard InChI is InChI=1S/C16H31N3O6/c1-8-19(9-2)14(21)18-24-10-23-13(20)12(11(3)4)17-15(22)25-16(5,6)7/h11-12H,8-10H2,1-7H3,(H,17,22)(H,18,21)/t12-/m0/s1. The van der Waals surface area contributed by atoms with Crippen LogP contribution in [0.3, 0.4) is 0 Å². The number of alkyl carbamates (subject to hydrolysis) is 1. The molecule has 0 saturated heterocycles. The van der Waals surface area contributed by atoms with Crippen molar-refractivity contribution in [2.75, 3.05) is 19.9 Å². The number of urea groups is 1. The van der Waals surface area contributed by atoms with E-state index in [9.17, 15) is 14.4 Å². The second-order valence-electron chi connectivity index (χ2n) is 6.67. The van der Waals surface area contributed by atoms with Gasteiger partial charge in [0.2, 0.25) is 6.79 Å². The van der Waals surface area contributed by atoms with Crippen LogP contribution in [0.25, 0.3) is 0 Å². The van der Waals surface area contributed by atoms with E-state index in [1.54, 1.807) is 34.6 Å². The molecular formula is C16H31N3O6. The normalized spacial score (nSPS) is 12.3. The lowest BCUT2D eigenvalue weighted by molar-refractivity contribution is -0.164. The molecule has 9 nitrogen and oxygen atoms in total. The molecule has 3 amide bonds. The highest BCUT2D eigenvalue weighted by Gasteiger charge is 2.28. The smallest absolute Gasteiger partial charge is 0.408 e. The van der Waals surface area contributed by atoms with E-state index in [1.807, 2.05) is 13.8 Å². The number of carbonyl (C=O) groups is 3. The Balaban J connectivity index is 4.38. The Labute approximate surface area is 149 Å². The SMILES string of the molecule is CCN(CC)C(=O)NOCOC(=O)[C@@H](NC(=O)OC(C)(C)C)C(C)C. The zero-order valence-corrected chi connectivity index (χ0v) is 16.2. The zero-order chi connectivity index (χ0) is 19.6. The molecule has 0 aromatic rings. The summed E-state index contributed by atoms with van der Waals surface area (Å²) in [5.74, 6) is -0.900. The third kappa shape index (κ3) is 9.75. The first kappa shape index (κ1) is 23.0. The molecule has 0 aliphatic rings. The number of nitrogens with zero attached hydrogens (tertiary/aromatic N) is 1. The lowest BCUT2D eigenvalue weighted by Crippen LogP contribution is -2.47. The third-order valence-corrected chi connectivity index (χ3v) is 3.06. The summed E-state index contributed by atoms with van der Waals surface area (Å²) < 4.78 is 10.1. The molecule has 0 unspecified atom stereocenters. The van der Waals surface area contributed by atoms with Crippen LogP contribution < -0.4 is 10.8 Å². The maximum Gasteiger partial charge on any atom is 0.408 e. The van der Waals surface area contributed by atoms with Gasteiger partial charge in [-0.3, -0.25) is 0 Å². The maximum absolute atomic E-state index is 12.1. The number of esters is 1. The van der Waals surface area contributed by atoms with Crippen LogP contribution in [-0.2, 0) is 19.1 Å².